The molecule has 1 aliphatic rings. The molecule has 1 aromatic heterocycles. The van der Waals surface area contributed by atoms with Crippen molar-refractivity contribution in [3.8, 4) is 11.3 Å². The highest BCUT2D eigenvalue weighted by Gasteiger charge is 2.37. The van der Waals surface area contributed by atoms with Gasteiger partial charge in [-0.05, 0) is 24.0 Å². The number of nitrogens with zero attached hydrogens (tertiary/aromatic N) is 2. The summed E-state index contributed by atoms with van der Waals surface area (Å²) in [6.07, 6.45) is 2.06. The molecule has 2 N–H and O–H groups in total. The minimum Gasteiger partial charge on any atom is -0.443 e. The van der Waals surface area contributed by atoms with Gasteiger partial charge >= 0.3 is 0 Å². The van der Waals surface area contributed by atoms with Gasteiger partial charge in [-0.2, -0.15) is 0 Å². The largest absolute Gasteiger partial charge is 0.443 e. The minimum absolute atomic E-state index is 0. The van der Waals surface area contributed by atoms with E-state index in [1.165, 1.54) is 6.39 Å². The van der Waals surface area contributed by atoms with Gasteiger partial charge in [-0.25, -0.2) is 4.98 Å². The zero-order valence-electron chi connectivity index (χ0n) is 14.1. The molecule has 138 valence electrons. The summed E-state index contributed by atoms with van der Waals surface area (Å²) in [6.45, 7) is 5.38. The number of halogens is 3. The number of nitrogens with two attached hydrogens (primary N) is 1. The van der Waals surface area contributed by atoms with Gasteiger partial charge in [0.05, 0.1) is 5.02 Å². The highest BCUT2D eigenvalue weighted by Crippen LogP contribution is 2.33. The molecule has 8 heteroatoms. The number of oxazole rings is 1. The van der Waals surface area contributed by atoms with E-state index in [2.05, 4.69) is 18.8 Å². The highest BCUT2D eigenvalue weighted by molar-refractivity contribution is 6.33. The number of likely N-dealkylation sites (tertiary alicyclic amines) is 1. The lowest BCUT2D eigenvalue weighted by Crippen LogP contribution is -2.54. The Morgan fingerprint density at radius 2 is 2.04 bits per heavy atom. The van der Waals surface area contributed by atoms with Gasteiger partial charge in [0.2, 0.25) is 0 Å². The third kappa shape index (κ3) is 4.29. The van der Waals surface area contributed by atoms with E-state index in [4.69, 9.17) is 21.8 Å². The van der Waals surface area contributed by atoms with Crippen LogP contribution in [0.5, 0.6) is 0 Å². The quantitative estimate of drug-likeness (QED) is 0.817. The van der Waals surface area contributed by atoms with E-state index >= 15 is 0 Å². The average molecular weight is 407 g/mol. The fourth-order valence-corrected chi connectivity index (χ4v) is 3.15. The molecule has 1 amide bonds. The van der Waals surface area contributed by atoms with Crippen molar-refractivity contribution in [1.29, 1.82) is 0 Å². The Bertz CT molecular complexity index is 733. The molecule has 0 bridgehead atoms. The van der Waals surface area contributed by atoms with Crippen LogP contribution in [0.4, 0.5) is 0 Å². The second kappa shape index (κ2) is 8.41. The van der Waals surface area contributed by atoms with Crippen molar-refractivity contribution in [2.24, 2.45) is 11.1 Å². The fraction of sp³-hybridized carbons (Fsp3) is 0.412. The summed E-state index contributed by atoms with van der Waals surface area (Å²) in [5.74, 6) is 0.266. The van der Waals surface area contributed by atoms with Gasteiger partial charge in [0.15, 0.2) is 17.8 Å². The zero-order chi connectivity index (χ0) is 16.6. The minimum atomic E-state index is -0.145. The van der Waals surface area contributed by atoms with Crippen LogP contribution in [0, 0.1) is 5.41 Å². The van der Waals surface area contributed by atoms with E-state index in [0.717, 1.165) is 6.42 Å². The Labute approximate surface area is 164 Å². The molecule has 25 heavy (non-hydrogen) atoms. The number of amides is 1. The van der Waals surface area contributed by atoms with Crippen LogP contribution in [0.3, 0.4) is 0 Å². The van der Waals surface area contributed by atoms with Crippen LogP contribution in [0.2, 0.25) is 5.02 Å². The topological polar surface area (TPSA) is 72.4 Å². The fourth-order valence-electron chi connectivity index (χ4n) is 2.93. The normalized spacial score (nSPS) is 18.9. The second-order valence-corrected chi connectivity index (χ2v) is 7.03. The summed E-state index contributed by atoms with van der Waals surface area (Å²) >= 11 is 6.21. The Morgan fingerprint density at radius 3 is 2.68 bits per heavy atom. The Kier molecular flexibility index (Phi) is 7.32. The molecule has 3 rings (SSSR count). The lowest BCUT2D eigenvalue weighted by atomic mass is 9.79. The second-order valence-electron chi connectivity index (χ2n) is 6.62. The molecule has 0 aliphatic carbocycles. The Balaban J connectivity index is 0.00000156. The van der Waals surface area contributed by atoms with Crippen LogP contribution in [-0.2, 0) is 0 Å². The number of benzene rings is 1. The summed E-state index contributed by atoms with van der Waals surface area (Å²) in [5, 5.41) is 0.527. The number of carbonyl (C=O) groups is 1. The van der Waals surface area contributed by atoms with E-state index in [9.17, 15) is 4.79 Å². The molecule has 1 fully saturated rings. The average Bonchev–Trinajstić information content (AvgIpc) is 2.99. The van der Waals surface area contributed by atoms with Crippen LogP contribution in [-0.4, -0.2) is 34.9 Å². The highest BCUT2D eigenvalue weighted by atomic mass is 35.5. The smallest absolute Gasteiger partial charge is 0.276 e. The number of piperidine rings is 1. The van der Waals surface area contributed by atoms with Crippen LogP contribution >= 0.6 is 36.4 Å². The van der Waals surface area contributed by atoms with Crippen LogP contribution in [0.15, 0.2) is 35.1 Å². The number of hydrogen-bond donors (Lipinski definition) is 1. The number of aromatic nitrogens is 1. The van der Waals surface area contributed by atoms with Crippen molar-refractivity contribution in [3.63, 3.8) is 0 Å². The number of hydrogen-bond acceptors (Lipinski definition) is 4. The van der Waals surface area contributed by atoms with Gasteiger partial charge in [0.25, 0.3) is 5.91 Å². The summed E-state index contributed by atoms with van der Waals surface area (Å²) in [7, 11) is 0. The monoisotopic (exact) mass is 405 g/mol. The van der Waals surface area contributed by atoms with Crippen LogP contribution in [0.25, 0.3) is 11.3 Å². The Morgan fingerprint density at radius 1 is 1.36 bits per heavy atom. The maximum absolute atomic E-state index is 12.9. The molecule has 1 unspecified atom stereocenters. The van der Waals surface area contributed by atoms with E-state index in [1.54, 1.807) is 11.0 Å². The van der Waals surface area contributed by atoms with Gasteiger partial charge < -0.3 is 15.1 Å². The molecule has 0 saturated carbocycles. The van der Waals surface area contributed by atoms with Crippen molar-refractivity contribution in [2.75, 3.05) is 13.1 Å². The van der Waals surface area contributed by atoms with Crippen molar-refractivity contribution in [3.05, 3.63) is 41.4 Å². The third-order valence-electron chi connectivity index (χ3n) is 4.49. The van der Waals surface area contributed by atoms with Crippen LogP contribution in [0.1, 0.15) is 30.8 Å². The summed E-state index contributed by atoms with van der Waals surface area (Å²) in [5.41, 5.74) is 6.99. The zero-order valence-corrected chi connectivity index (χ0v) is 16.5. The molecule has 0 spiro atoms. The maximum Gasteiger partial charge on any atom is 0.276 e. The first-order valence-corrected chi connectivity index (χ1v) is 8.01. The molecule has 2 aromatic rings. The first-order chi connectivity index (χ1) is 10.9. The third-order valence-corrected chi connectivity index (χ3v) is 4.82. The molecule has 1 atom stereocenters. The molecule has 0 radical (unpaired) electrons. The van der Waals surface area contributed by atoms with Gasteiger partial charge in [-0.3, -0.25) is 4.79 Å². The number of rotatable bonds is 2. The van der Waals surface area contributed by atoms with Gasteiger partial charge in [0, 0.05) is 24.7 Å². The molecule has 2 heterocycles. The summed E-state index contributed by atoms with van der Waals surface area (Å²) < 4.78 is 5.45. The van der Waals surface area contributed by atoms with Gasteiger partial charge in [-0.15, -0.1) is 24.8 Å². The molecule has 5 nitrogen and oxygen atoms in total. The SMILES string of the molecule is CC1(C)CN(C(=O)c2ncoc2-c2ccccc2Cl)CCC1N.Cl.Cl. The molecular formula is C17H22Cl3N3O2. The standard InChI is InChI=1S/C17H20ClN3O2.2ClH/c1-17(2)9-21(8-7-13(17)19)16(22)14-15(23-10-20-14)11-5-3-4-6-12(11)18;;/h3-6,10,13H,7-9,19H2,1-2H3;2*1H. The molecular weight excluding hydrogens is 385 g/mol. The van der Waals surface area contributed by atoms with E-state index in [0.29, 0.717) is 35.1 Å². The lowest BCUT2D eigenvalue weighted by molar-refractivity contribution is 0.0528. The predicted molar refractivity (Wildman–Crippen MR) is 104 cm³/mol. The van der Waals surface area contributed by atoms with Gasteiger partial charge in [-0.1, -0.05) is 37.6 Å². The predicted octanol–water partition coefficient (Wildman–Crippen LogP) is 4.04. The van der Waals surface area contributed by atoms with Gasteiger partial charge in [0.1, 0.15) is 0 Å². The van der Waals surface area contributed by atoms with E-state index < -0.39 is 0 Å². The summed E-state index contributed by atoms with van der Waals surface area (Å²) in [4.78, 5) is 18.8. The number of carbonyl (C=O) groups excluding carboxylic acids is 1. The van der Waals surface area contributed by atoms with Crippen molar-refractivity contribution in [2.45, 2.75) is 26.3 Å². The van der Waals surface area contributed by atoms with E-state index in [1.807, 2.05) is 18.2 Å². The molecule has 1 saturated heterocycles. The molecule has 1 aliphatic heterocycles. The van der Waals surface area contributed by atoms with Crippen molar-refractivity contribution < 1.29 is 9.21 Å². The maximum atomic E-state index is 12.9. The summed E-state index contributed by atoms with van der Waals surface area (Å²) in [6, 6.07) is 7.35. The van der Waals surface area contributed by atoms with Crippen LogP contribution < -0.4 is 5.73 Å². The molecule has 1 aromatic carbocycles. The van der Waals surface area contributed by atoms with Crippen molar-refractivity contribution >= 4 is 42.3 Å². The first-order valence-electron chi connectivity index (χ1n) is 7.63. The Hall–Kier alpha value is -1.27. The van der Waals surface area contributed by atoms with Crippen molar-refractivity contribution in [1.82, 2.24) is 9.88 Å². The lowest BCUT2D eigenvalue weighted by Gasteiger charge is -2.42. The first kappa shape index (κ1) is 21.8. The van der Waals surface area contributed by atoms with E-state index in [-0.39, 0.29) is 42.2 Å².